The van der Waals surface area contributed by atoms with E-state index in [-0.39, 0.29) is 6.61 Å². The topological polar surface area (TPSA) is 53.7 Å². The van der Waals surface area contributed by atoms with E-state index in [4.69, 9.17) is 10.2 Å². The number of hydrogen-bond acceptors (Lipinski definition) is 4. The normalized spacial score (nSPS) is 14.8. The summed E-state index contributed by atoms with van der Waals surface area (Å²) in [4.78, 5) is 7.00. The van der Waals surface area contributed by atoms with Crippen molar-refractivity contribution in [3.05, 3.63) is 47.7 Å². The smallest absolute Gasteiger partial charge is 0.158 e. The number of nitrogens with zero attached hydrogens (tertiary/aromatic N) is 4. The summed E-state index contributed by atoms with van der Waals surface area (Å²) in [6.07, 6.45) is 2.47. The van der Waals surface area contributed by atoms with Crippen LogP contribution in [0, 0.1) is 6.92 Å². The third-order valence-corrected chi connectivity index (χ3v) is 4.40. The Balaban J connectivity index is 1.81. The number of fused-ring (bicyclic) bond motifs is 1. The molecule has 0 atom stereocenters. The van der Waals surface area contributed by atoms with Crippen LogP contribution in [-0.4, -0.2) is 32.8 Å². The average molecular weight is 308 g/mol. The van der Waals surface area contributed by atoms with Gasteiger partial charge in [-0.25, -0.2) is 4.98 Å². The Kier molecular flexibility index (Phi) is 3.50. The summed E-state index contributed by atoms with van der Waals surface area (Å²) >= 11 is 0. The van der Waals surface area contributed by atoms with E-state index in [1.807, 2.05) is 41.8 Å². The molecule has 0 saturated carbocycles. The van der Waals surface area contributed by atoms with Gasteiger partial charge in [0, 0.05) is 36.5 Å². The van der Waals surface area contributed by atoms with Crippen LogP contribution in [-0.2, 0) is 6.61 Å². The second kappa shape index (κ2) is 5.66. The zero-order valence-corrected chi connectivity index (χ0v) is 13.2. The van der Waals surface area contributed by atoms with Gasteiger partial charge in [-0.15, -0.1) is 0 Å². The maximum absolute atomic E-state index is 9.17. The zero-order valence-electron chi connectivity index (χ0n) is 13.2. The molecule has 0 unspecified atom stereocenters. The highest BCUT2D eigenvalue weighted by atomic mass is 16.3. The first kappa shape index (κ1) is 14.2. The number of anilines is 1. The molecule has 0 bridgehead atoms. The number of aryl methyl sites for hydroxylation is 1. The van der Waals surface area contributed by atoms with E-state index < -0.39 is 0 Å². The Labute approximate surface area is 135 Å². The molecular weight excluding hydrogens is 288 g/mol. The van der Waals surface area contributed by atoms with Gasteiger partial charge in [-0.05, 0) is 25.3 Å². The first-order valence-corrected chi connectivity index (χ1v) is 8.07. The molecule has 0 radical (unpaired) electrons. The van der Waals surface area contributed by atoms with Crippen LogP contribution in [0.3, 0.4) is 0 Å². The molecule has 3 heterocycles. The summed E-state index contributed by atoms with van der Waals surface area (Å²) in [5.41, 5.74) is 4.75. The minimum atomic E-state index is 0.0608. The standard InChI is InChI=1S/C18H20N4O/c1-13-10-18(21-8-2-3-9-21)22-17(19-13)11-16(20-22)15-6-4-14(12-23)5-7-15/h4-7,10-11,23H,2-3,8-9,12H2,1H3. The third kappa shape index (κ3) is 2.57. The van der Waals surface area contributed by atoms with Gasteiger partial charge < -0.3 is 10.0 Å². The molecule has 1 aromatic carbocycles. The van der Waals surface area contributed by atoms with Crippen molar-refractivity contribution in [2.75, 3.05) is 18.0 Å². The van der Waals surface area contributed by atoms with Crippen LogP contribution < -0.4 is 4.90 Å². The Bertz CT molecular complexity index is 832. The second-order valence-corrected chi connectivity index (χ2v) is 6.10. The summed E-state index contributed by atoms with van der Waals surface area (Å²) in [6, 6.07) is 12.0. The summed E-state index contributed by atoms with van der Waals surface area (Å²) < 4.78 is 1.95. The van der Waals surface area contributed by atoms with Gasteiger partial charge in [0.2, 0.25) is 0 Å². The minimum absolute atomic E-state index is 0.0608. The summed E-state index contributed by atoms with van der Waals surface area (Å²) in [5, 5.41) is 13.9. The second-order valence-electron chi connectivity index (χ2n) is 6.10. The van der Waals surface area contributed by atoms with E-state index in [0.717, 1.165) is 47.1 Å². The van der Waals surface area contributed by atoms with Gasteiger partial charge in [0.15, 0.2) is 5.65 Å². The minimum Gasteiger partial charge on any atom is -0.392 e. The van der Waals surface area contributed by atoms with E-state index in [1.165, 1.54) is 12.8 Å². The molecular formula is C18H20N4O. The molecule has 0 aliphatic carbocycles. The van der Waals surface area contributed by atoms with Gasteiger partial charge in [0.25, 0.3) is 0 Å². The third-order valence-electron chi connectivity index (χ3n) is 4.40. The van der Waals surface area contributed by atoms with Crippen LogP contribution in [0.15, 0.2) is 36.4 Å². The van der Waals surface area contributed by atoms with Gasteiger partial charge in [-0.2, -0.15) is 9.61 Å². The van der Waals surface area contributed by atoms with Crippen molar-refractivity contribution in [2.45, 2.75) is 26.4 Å². The molecule has 118 valence electrons. The predicted molar refractivity (Wildman–Crippen MR) is 90.5 cm³/mol. The largest absolute Gasteiger partial charge is 0.392 e. The molecule has 3 aromatic rings. The van der Waals surface area contributed by atoms with Crippen molar-refractivity contribution in [1.29, 1.82) is 0 Å². The average Bonchev–Trinajstić information content (AvgIpc) is 3.23. The van der Waals surface area contributed by atoms with E-state index in [2.05, 4.69) is 16.0 Å². The van der Waals surface area contributed by atoms with Gasteiger partial charge in [-0.1, -0.05) is 24.3 Å². The van der Waals surface area contributed by atoms with Crippen LogP contribution in [0.4, 0.5) is 5.82 Å². The maximum Gasteiger partial charge on any atom is 0.158 e. The summed E-state index contributed by atoms with van der Waals surface area (Å²) in [6.45, 7) is 4.26. The highest BCUT2D eigenvalue weighted by molar-refractivity contribution is 5.66. The molecule has 1 aliphatic rings. The quantitative estimate of drug-likeness (QED) is 0.808. The van der Waals surface area contributed by atoms with Crippen molar-refractivity contribution < 1.29 is 5.11 Å². The van der Waals surface area contributed by atoms with E-state index in [9.17, 15) is 0 Å². The number of benzene rings is 1. The number of aliphatic hydroxyl groups excluding tert-OH is 1. The fourth-order valence-corrected chi connectivity index (χ4v) is 3.17. The van der Waals surface area contributed by atoms with Crippen molar-refractivity contribution in [3.8, 4) is 11.3 Å². The van der Waals surface area contributed by atoms with Crippen molar-refractivity contribution >= 4 is 11.5 Å². The number of rotatable bonds is 3. The maximum atomic E-state index is 9.17. The highest BCUT2D eigenvalue weighted by Gasteiger charge is 2.18. The molecule has 5 nitrogen and oxygen atoms in total. The molecule has 1 fully saturated rings. The van der Waals surface area contributed by atoms with Gasteiger partial charge >= 0.3 is 0 Å². The van der Waals surface area contributed by atoms with Crippen molar-refractivity contribution in [2.24, 2.45) is 0 Å². The number of aromatic nitrogens is 3. The SMILES string of the molecule is Cc1cc(N2CCCC2)n2nc(-c3ccc(CO)cc3)cc2n1. The predicted octanol–water partition coefficient (Wildman–Crippen LogP) is 2.80. The Morgan fingerprint density at radius 2 is 1.83 bits per heavy atom. The van der Waals surface area contributed by atoms with E-state index >= 15 is 0 Å². The Morgan fingerprint density at radius 1 is 1.09 bits per heavy atom. The molecule has 23 heavy (non-hydrogen) atoms. The summed E-state index contributed by atoms with van der Waals surface area (Å²) in [5.74, 6) is 1.13. The van der Waals surface area contributed by atoms with Crippen molar-refractivity contribution in [3.63, 3.8) is 0 Å². The first-order chi connectivity index (χ1) is 11.2. The van der Waals surface area contributed by atoms with E-state index in [0.29, 0.717) is 0 Å². The molecule has 1 N–H and O–H groups in total. The Hall–Kier alpha value is -2.40. The lowest BCUT2D eigenvalue weighted by Crippen LogP contribution is -2.21. The molecule has 0 spiro atoms. The molecule has 0 amide bonds. The van der Waals surface area contributed by atoms with Gasteiger partial charge in [-0.3, -0.25) is 0 Å². The zero-order chi connectivity index (χ0) is 15.8. The fraction of sp³-hybridized carbons (Fsp3) is 0.333. The van der Waals surface area contributed by atoms with Crippen LogP contribution in [0.5, 0.6) is 0 Å². The molecule has 5 heteroatoms. The van der Waals surface area contributed by atoms with Crippen LogP contribution in [0.1, 0.15) is 24.1 Å². The van der Waals surface area contributed by atoms with Crippen LogP contribution in [0.25, 0.3) is 16.9 Å². The molecule has 1 aliphatic heterocycles. The lowest BCUT2D eigenvalue weighted by atomic mass is 10.1. The number of hydrogen-bond donors (Lipinski definition) is 1. The van der Waals surface area contributed by atoms with E-state index in [1.54, 1.807) is 0 Å². The van der Waals surface area contributed by atoms with Crippen molar-refractivity contribution in [1.82, 2.24) is 14.6 Å². The monoisotopic (exact) mass is 308 g/mol. The molecule has 1 saturated heterocycles. The lowest BCUT2D eigenvalue weighted by molar-refractivity contribution is 0.282. The highest BCUT2D eigenvalue weighted by Crippen LogP contribution is 2.25. The van der Waals surface area contributed by atoms with Gasteiger partial charge in [0.1, 0.15) is 5.82 Å². The van der Waals surface area contributed by atoms with Crippen LogP contribution >= 0.6 is 0 Å². The fourth-order valence-electron chi connectivity index (χ4n) is 3.17. The molecule has 2 aromatic heterocycles. The van der Waals surface area contributed by atoms with Crippen LogP contribution in [0.2, 0.25) is 0 Å². The van der Waals surface area contributed by atoms with Gasteiger partial charge in [0.05, 0.1) is 12.3 Å². The Morgan fingerprint density at radius 3 is 2.52 bits per heavy atom. The first-order valence-electron chi connectivity index (χ1n) is 8.07. The number of aliphatic hydroxyl groups is 1. The summed E-state index contributed by atoms with van der Waals surface area (Å²) in [7, 11) is 0. The molecule has 4 rings (SSSR count). The lowest BCUT2D eigenvalue weighted by Gasteiger charge is -2.18.